The zero-order valence-corrected chi connectivity index (χ0v) is 11.9. The van der Waals surface area contributed by atoms with Crippen LogP contribution < -0.4 is 10.2 Å². The fraction of sp³-hybridized carbons (Fsp3) is 0.571. The van der Waals surface area contributed by atoms with Crippen LogP contribution >= 0.6 is 0 Å². The molecule has 1 fully saturated rings. The highest BCUT2D eigenvalue weighted by Crippen LogP contribution is 2.13. The first-order valence-electron chi connectivity index (χ1n) is 7.03. The van der Waals surface area contributed by atoms with Gasteiger partial charge in [0.1, 0.15) is 12.4 Å². The molecule has 1 aromatic rings. The molecule has 0 aromatic heterocycles. The third-order valence-corrected chi connectivity index (χ3v) is 3.63. The molecule has 0 aliphatic carbocycles. The first-order chi connectivity index (χ1) is 9.69. The van der Waals surface area contributed by atoms with Crippen LogP contribution in [0.5, 0.6) is 5.75 Å². The van der Waals surface area contributed by atoms with Gasteiger partial charge < -0.3 is 19.5 Å². The molecule has 1 heterocycles. The van der Waals surface area contributed by atoms with Gasteiger partial charge in [0, 0.05) is 20.2 Å². The molecule has 1 atom stereocenters. The van der Waals surface area contributed by atoms with Crippen molar-refractivity contribution in [1.29, 1.82) is 0 Å². The molecule has 0 bridgehead atoms. The molecule has 2 N–H and O–H groups in total. The molecule has 0 amide bonds. The molecule has 1 unspecified atom stereocenters. The predicted molar refractivity (Wildman–Crippen MR) is 78.2 cm³/mol. The number of ether oxygens (including phenoxy) is 2. The standard InChI is InChI=1S/C14H22BNO4/c1-19-14-6-3-7-16(11-14)8-9-20-13-5-2-4-12(10-13)15(17)18/h2,4-5,10,14,17-18H,3,6-9,11H2,1H3. The van der Waals surface area contributed by atoms with Crippen LogP contribution in [0, 0.1) is 0 Å². The number of nitrogens with zero attached hydrogens (tertiary/aromatic N) is 1. The minimum absolute atomic E-state index is 0.330. The van der Waals surface area contributed by atoms with E-state index in [0.29, 0.717) is 23.9 Å². The normalized spacial score (nSPS) is 19.9. The fourth-order valence-electron chi connectivity index (χ4n) is 2.47. The Balaban J connectivity index is 1.76. The lowest BCUT2D eigenvalue weighted by Gasteiger charge is -2.31. The largest absolute Gasteiger partial charge is 0.492 e. The summed E-state index contributed by atoms with van der Waals surface area (Å²) < 4.78 is 11.1. The Hall–Kier alpha value is -1.08. The van der Waals surface area contributed by atoms with E-state index in [1.807, 2.05) is 6.07 Å². The van der Waals surface area contributed by atoms with Gasteiger partial charge in [0.05, 0.1) is 6.10 Å². The zero-order valence-electron chi connectivity index (χ0n) is 11.9. The Kier molecular flexibility index (Phi) is 5.85. The van der Waals surface area contributed by atoms with Gasteiger partial charge in [0.15, 0.2) is 0 Å². The molecule has 2 rings (SSSR count). The van der Waals surface area contributed by atoms with Crippen LogP contribution in [0.4, 0.5) is 0 Å². The summed E-state index contributed by atoms with van der Waals surface area (Å²) in [6, 6.07) is 6.89. The molecule has 110 valence electrons. The van der Waals surface area contributed by atoms with E-state index in [1.165, 1.54) is 0 Å². The van der Waals surface area contributed by atoms with Gasteiger partial charge in [-0.15, -0.1) is 0 Å². The molecule has 6 heteroatoms. The summed E-state index contributed by atoms with van der Waals surface area (Å²) in [7, 11) is 0.305. The smallest absolute Gasteiger partial charge is 0.488 e. The molecule has 1 aromatic carbocycles. The molecule has 0 saturated carbocycles. The van der Waals surface area contributed by atoms with E-state index >= 15 is 0 Å². The second kappa shape index (κ2) is 7.64. The van der Waals surface area contributed by atoms with Crippen LogP contribution in [0.1, 0.15) is 12.8 Å². The monoisotopic (exact) mass is 279 g/mol. The lowest BCUT2D eigenvalue weighted by atomic mass is 9.80. The van der Waals surface area contributed by atoms with E-state index in [-0.39, 0.29) is 0 Å². The van der Waals surface area contributed by atoms with E-state index in [4.69, 9.17) is 19.5 Å². The SMILES string of the molecule is COC1CCCN(CCOc2cccc(B(O)O)c2)C1. The second-order valence-corrected chi connectivity index (χ2v) is 5.10. The fourth-order valence-corrected chi connectivity index (χ4v) is 2.47. The van der Waals surface area contributed by atoms with Gasteiger partial charge in [-0.05, 0) is 37.0 Å². The number of likely N-dealkylation sites (tertiary alicyclic amines) is 1. The third-order valence-electron chi connectivity index (χ3n) is 3.63. The minimum Gasteiger partial charge on any atom is -0.492 e. The molecular formula is C14H22BNO4. The summed E-state index contributed by atoms with van der Waals surface area (Å²) in [5, 5.41) is 18.2. The maximum Gasteiger partial charge on any atom is 0.488 e. The van der Waals surface area contributed by atoms with Gasteiger partial charge in [-0.25, -0.2) is 0 Å². The average molecular weight is 279 g/mol. The summed E-state index contributed by atoms with van der Waals surface area (Å²) >= 11 is 0. The Bertz CT molecular complexity index is 416. The van der Waals surface area contributed by atoms with Gasteiger partial charge in [0.2, 0.25) is 0 Å². The molecule has 20 heavy (non-hydrogen) atoms. The number of hydrogen-bond acceptors (Lipinski definition) is 5. The van der Waals surface area contributed by atoms with E-state index in [9.17, 15) is 0 Å². The summed E-state index contributed by atoms with van der Waals surface area (Å²) in [5.74, 6) is 0.663. The van der Waals surface area contributed by atoms with Crippen molar-refractivity contribution in [2.75, 3.05) is 33.4 Å². The van der Waals surface area contributed by atoms with Crippen LogP contribution in [0.2, 0.25) is 0 Å². The van der Waals surface area contributed by atoms with Crippen molar-refractivity contribution in [3.8, 4) is 5.75 Å². The van der Waals surface area contributed by atoms with Crippen LogP contribution in [0.15, 0.2) is 24.3 Å². The van der Waals surface area contributed by atoms with Gasteiger partial charge in [-0.2, -0.15) is 0 Å². The lowest BCUT2D eigenvalue weighted by molar-refractivity contribution is 0.0272. The average Bonchev–Trinajstić information content (AvgIpc) is 2.48. The van der Waals surface area contributed by atoms with Crippen LogP contribution in [-0.4, -0.2) is 61.5 Å². The van der Waals surface area contributed by atoms with Crippen LogP contribution in [0.3, 0.4) is 0 Å². The number of benzene rings is 1. The maximum atomic E-state index is 9.11. The Morgan fingerprint density at radius 1 is 1.40 bits per heavy atom. The minimum atomic E-state index is -1.46. The highest BCUT2D eigenvalue weighted by Gasteiger charge is 2.19. The van der Waals surface area contributed by atoms with Crippen molar-refractivity contribution >= 4 is 12.6 Å². The summed E-state index contributed by atoms with van der Waals surface area (Å²) in [4.78, 5) is 2.34. The summed E-state index contributed by atoms with van der Waals surface area (Å²) in [5.41, 5.74) is 0.444. The molecule has 0 spiro atoms. The maximum absolute atomic E-state index is 9.11. The number of piperidine rings is 1. The Labute approximate surface area is 120 Å². The highest BCUT2D eigenvalue weighted by atomic mass is 16.5. The predicted octanol–water partition coefficient (Wildman–Crippen LogP) is -0.144. The first kappa shape index (κ1) is 15.3. The van der Waals surface area contributed by atoms with Gasteiger partial charge in [-0.1, -0.05) is 12.1 Å². The first-order valence-corrected chi connectivity index (χ1v) is 7.03. The van der Waals surface area contributed by atoms with Crippen molar-refractivity contribution < 1.29 is 19.5 Å². The summed E-state index contributed by atoms with van der Waals surface area (Å²) in [6.07, 6.45) is 2.62. The number of methoxy groups -OCH3 is 1. The zero-order chi connectivity index (χ0) is 14.4. The molecule has 1 saturated heterocycles. The molecule has 5 nitrogen and oxygen atoms in total. The lowest BCUT2D eigenvalue weighted by Crippen LogP contribution is -2.41. The highest BCUT2D eigenvalue weighted by molar-refractivity contribution is 6.58. The van der Waals surface area contributed by atoms with Crippen molar-refractivity contribution in [2.45, 2.75) is 18.9 Å². The van der Waals surface area contributed by atoms with Crippen LogP contribution in [0.25, 0.3) is 0 Å². The number of hydrogen-bond donors (Lipinski definition) is 2. The Morgan fingerprint density at radius 3 is 3.00 bits per heavy atom. The molecular weight excluding hydrogens is 257 g/mol. The van der Waals surface area contributed by atoms with E-state index in [1.54, 1.807) is 25.3 Å². The third kappa shape index (κ3) is 4.49. The van der Waals surface area contributed by atoms with Gasteiger partial charge in [-0.3, -0.25) is 4.90 Å². The van der Waals surface area contributed by atoms with Crippen molar-refractivity contribution in [1.82, 2.24) is 4.90 Å². The molecule has 0 radical (unpaired) electrons. The van der Waals surface area contributed by atoms with E-state index in [0.717, 1.165) is 32.5 Å². The van der Waals surface area contributed by atoms with Gasteiger partial charge in [0.25, 0.3) is 0 Å². The quantitative estimate of drug-likeness (QED) is 0.709. The van der Waals surface area contributed by atoms with Crippen molar-refractivity contribution in [2.24, 2.45) is 0 Å². The summed E-state index contributed by atoms with van der Waals surface area (Å²) in [6.45, 7) is 3.47. The molecule has 1 aliphatic rings. The second-order valence-electron chi connectivity index (χ2n) is 5.10. The number of rotatable bonds is 6. The van der Waals surface area contributed by atoms with Crippen molar-refractivity contribution in [3.05, 3.63) is 24.3 Å². The van der Waals surface area contributed by atoms with E-state index in [2.05, 4.69) is 4.90 Å². The Morgan fingerprint density at radius 2 is 2.25 bits per heavy atom. The molecule has 1 aliphatic heterocycles. The topological polar surface area (TPSA) is 62.2 Å². The van der Waals surface area contributed by atoms with E-state index < -0.39 is 7.12 Å². The van der Waals surface area contributed by atoms with Crippen molar-refractivity contribution in [3.63, 3.8) is 0 Å². The van der Waals surface area contributed by atoms with Crippen LogP contribution in [-0.2, 0) is 4.74 Å². The van der Waals surface area contributed by atoms with Gasteiger partial charge >= 0.3 is 7.12 Å².